The van der Waals surface area contributed by atoms with Crippen LogP contribution in [0.25, 0.3) is 0 Å². The fourth-order valence-electron chi connectivity index (χ4n) is 2.84. The van der Waals surface area contributed by atoms with Gasteiger partial charge >= 0.3 is 0 Å². The predicted molar refractivity (Wildman–Crippen MR) is 98.8 cm³/mol. The van der Waals surface area contributed by atoms with E-state index in [2.05, 4.69) is 75.3 Å². The van der Waals surface area contributed by atoms with Crippen LogP contribution in [0.3, 0.4) is 0 Å². The van der Waals surface area contributed by atoms with E-state index in [1.807, 2.05) is 0 Å². The quantitative estimate of drug-likeness (QED) is 0.911. The summed E-state index contributed by atoms with van der Waals surface area (Å²) in [5.74, 6) is 2.07. The molecule has 0 atom stereocenters. The van der Waals surface area contributed by atoms with Gasteiger partial charge in [0.05, 0.1) is 6.20 Å². The van der Waals surface area contributed by atoms with Gasteiger partial charge in [-0.05, 0) is 30.5 Å². The number of rotatable bonds is 5. The van der Waals surface area contributed by atoms with Crippen molar-refractivity contribution in [1.82, 2.24) is 15.2 Å². The van der Waals surface area contributed by atoms with Crippen molar-refractivity contribution in [3.8, 4) is 0 Å². The van der Waals surface area contributed by atoms with Gasteiger partial charge in [-0.2, -0.15) is 10.1 Å². The van der Waals surface area contributed by atoms with Gasteiger partial charge in [-0.25, -0.2) is 0 Å². The maximum absolute atomic E-state index is 4.60. The summed E-state index contributed by atoms with van der Waals surface area (Å²) in [4.78, 5) is 9.31. The number of piperazine rings is 1. The molecule has 0 aliphatic carbocycles. The maximum atomic E-state index is 4.60. The lowest BCUT2D eigenvalue weighted by molar-refractivity contribution is 0.643. The van der Waals surface area contributed by atoms with Crippen LogP contribution in [-0.2, 0) is 0 Å². The van der Waals surface area contributed by atoms with Crippen molar-refractivity contribution < 1.29 is 0 Å². The largest absolute Gasteiger partial charge is 0.368 e. The molecule has 1 aliphatic rings. The standard InChI is InChI=1S/C18H26N6/c1-14(2)12-19-18-21-17(13-20-22-18)24-9-7-23(8-10-24)16-6-4-5-15(3)11-16/h4-6,11,13-14H,7-10,12H2,1-3H3,(H,19,21,22). The van der Waals surface area contributed by atoms with Gasteiger partial charge in [-0.3, -0.25) is 0 Å². The third kappa shape index (κ3) is 4.13. The topological polar surface area (TPSA) is 57.2 Å². The molecule has 1 N–H and O–H groups in total. The molecule has 0 bridgehead atoms. The Kier molecular flexibility index (Phi) is 5.13. The molecule has 6 heteroatoms. The molecule has 1 saturated heterocycles. The highest BCUT2D eigenvalue weighted by Gasteiger charge is 2.19. The van der Waals surface area contributed by atoms with Crippen LogP contribution >= 0.6 is 0 Å². The van der Waals surface area contributed by atoms with Crippen molar-refractivity contribution in [3.63, 3.8) is 0 Å². The third-order valence-electron chi connectivity index (χ3n) is 4.19. The molecule has 0 amide bonds. The summed E-state index contributed by atoms with van der Waals surface area (Å²) in [5, 5.41) is 11.4. The smallest absolute Gasteiger partial charge is 0.244 e. The Hall–Kier alpha value is -2.37. The van der Waals surface area contributed by atoms with Gasteiger partial charge in [0, 0.05) is 38.4 Å². The van der Waals surface area contributed by atoms with Crippen molar-refractivity contribution in [2.24, 2.45) is 5.92 Å². The van der Waals surface area contributed by atoms with E-state index < -0.39 is 0 Å². The van der Waals surface area contributed by atoms with E-state index in [0.29, 0.717) is 11.9 Å². The van der Waals surface area contributed by atoms with Gasteiger partial charge in [0.15, 0.2) is 5.82 Å². The van der Waals surface area contributed by atoms with Crippen molar-refractivity contribution in [2.45, 2.75) is 20.8 Å². The van der Waals surface area contributed by atoms with Gasteiger partial charge in [0.25, 0.3) is 0 Å². The molecule has 24 heavy (non-hydrogen) atoms. The Morgan fingerprint density at radius 2 is 1.88 bits per heavy atom. The molecule has 1 fully saturated rings. The second-order valence-corrected chi connectivity index (χ2v) is 6.73. The number of benzene rings is 1. The maximum Gasteiger partial charge on any atom is 0.244 e. The lowest BCUT2D eigenvalue weighted by Gasteiger charge is -2.36. The summed E-state index contributed by atoms with van der Waals surface area (Å²) >= 11 is 0. The first kappa shape index (κ1) is 16.5. The molecule has 3 rings (SSSR count). The molecule has 0 saturated carbocycles. The van der Waals surface area contributed by atoms with E-state index in [4.69, 9.17) is 0 Å². The minimum absolute atomic E-state index is 0.551. The number of hydrogen-bond donors (Lipinski definition) is 1. The van der Waals surface area contributed by atoms with Crippen molar-refractivity contribution in [1.29, 1.82) is 0 Å². The summed E-state index contributed by atoms with van der Waals surface area (Å²) in [7, 11) is 0. The van der Waals surface area contributed by atoms with E-state index in [0.717, 1.165) is 38.5 Å². The Morgan fingerprint density at radius 1 is 1.12 bits per heavy atom. The summed E-state index contributed by atoms with van der Waals surface area (Å²) < 4.78 is 0. The van der Waals surface area contributed by atoms with E-state index in [9.17, 15) is 0 Å². The molecule has 1 aliphatic heterocycles. The summed E-state index contributed by atoms with van der Waals surface area (Å²) in [6.07, 6.45) is 1.75. The highest BCUT2D eigenvalue weighted by atomic mass is 15.3. The van der Waals surface area contributed by atoms with Gasteiger partial charge in [0.1, 0.15) is 0 Å². The Balaban J connectivity index is 1.61. The Bertz CT molecular complexity index is 664. The number of aryl methyl sites for hydroxylation is 1. The first-order chi connectivity index (χ1) is 11.6. The van der Waals surface area contributed by atoms with Crippen LogP contribution in [0.5, 0.6) is 0 Å². The minimum atomic E-state index is 0.551. The highest BCUT2D eigenvalue weighted by molar-refractivity contribution is 5.51. The molecule has 1 aromatic heterocycles. The fraction of sp³-hybridized carbons (Fsp3) is 0.500. The molecule has 0 spiro atoms. The summed E-state index contributed by atoms with van der Waals surface area (Å²) in [5.41, 5.74) is 2.60. The van der Waals surface area contributed by atoms with Gasteiger partial charge < -0.3 is 15.1 Å². The summed E-state index contributed by atoms with van der Waals surface area (Å²) in [6, 6.07) is 8.69. The second-order valence-electron chi connectivity index (χ2n) is 6.73. The van der Waals surface area contributed by atoms with Crippen LogP contribution in [0.15, 0.2) is 30.5 Å². The van der Waals surface area contributed by atoms with Crippen molar-refractivity contribution >= 4 is 17.5 Å². The molecule has 6 nitrogen and oxygen atoms in total. The highest BCUT2D eigenvalue weighted by Crippen LogP contribution is 2.20. The first-order valence-electron chi connectivity index (χ1n) is 8.62. The van der Waals surface area contributed by atoms with Crippen LogP contribution in [0.1, 0.15) is 19.4 Å². The molecule has 1 aromatic carbocycles. The Labute approximate surface area is 143 Å². The van der Waals surface area contributed by atoms with E-state index >= 15 is 0 Å². The number of anilines is 3. The van der Waals surface area contributed by atoms with E-state index in [-0.39, 0.29) is 0 Å². The molecule has 2 heterocycles. The normalized spacial score (nSPS) is 15.0. The van der Waals surface area contributed by atoms with Crippen molar-refractivity contribution in [3.05, 3.63) is 36.0 Å². The van der Waals surface area contributed by atoms with Crippen LogP contribution < -0.4 is 15.1 Å². The van der Waals surface area contributed by atoms with Gasteiger partial charge in [-0.15, -0.1) is 5.10 Å². The zero-order valence-electron chi connectivity index (χ0n) is 14.7. The average molecular weight is 326 g/mol. The van der Waals surface area contributed by atoms with Crippen LogP contribution in [-0.4, -0.2) is 47.9 Å². The van der Waals surface area contributed by atoms with Crippen molar-refractivity contribution in [2.75, 3.05) is 47.8 Å². The van der Waals surface area contributed by atoms with E-state index in [1.165, 1.54) is 11.3 Å². The van der Waals surface area contributed by atoms with Crippen LogP contribution in [0.2, 0.25) is 0 Å². The third-order valence-corrected chi connectivity index (χ3v) is 4.19. The molecule has 0 radical (unpaired) electrons. The predicted octanol–water partition coefficient (Wildman–Crippen LogP) is 2.57. The lowest BCUT2D eigenvalue weighted by atomic mass is 10.2. The first-order valence-corrected chi connectivity index (χ1v) is 8.62. The Morgan fingerprint density at radius 3 is 2.58 bits per heavy atom. The molecule has 0 unspecified atom stereocenters. The minimum Gasteiger partial charge on any atom is -0.368 e. The van der Waals surface area contributed by atoms with Crippen LogP contribution in [0, 0.1) is 12.8 Å². The monoisotopic (exact) mass is 326 g/mol. The van der Waals surface area contributed by atoms with E-state index in [1.54, 1.807) is 6.20 Å². The van der Waals surface area contributed by atoms with Gasteiger partial charge in [0.2, 0.25) is 5.95 Å². The van der Waals surface area contributed by atoms with Gasteiger partial charge in [-0.1, -0.05) is 26.0 Å². The van der Waals surface area contributed by atoms with Crippen LogP contribution in [0.4, 0.5) is 17.5 Å². The molecule has 2 aromatic rings. The molecule has 128 valence electrons. The molecular formula is C18H26N6. The number of aromatic nitrogens is 3. The fourth-order valence-corrected chi connectivity index (χ4v) is 2.84. The zero-order chi connectivity index (χ0) is 16.9. The SMILES string of the molecule is Cc1cccc(N2CCN(c3cnnc(NCC(C)C)n3)CC2)c1. The number of nitrogens with zero attached hydrogens (tertiary/aromatic N) is 5. The molecular weight excluding hydrogens is 300 g/mol. The average Bonchev–Trinajstić information content (AvgIpc) is 2.60. The number of nitrogens with one attached hydrogen (secondary N) is 1. The summed E-state index contributed by atoms with van der Waals surface area (Å²) in [6.45, 7) is 11.2. The number of hydrogen-bond acceptors (Lipinski definition) is 6. The zero-order valence-corrected chi connectivity index (χ0v) is 14.7. The lowest BCUT2D eigenvalue weighted by Crippen LogP contribution is -2.47. The second kappa shape index (κ2) is 7.47.